The van der Waals surface area contributed by atoms with E-state index in [1.165, 1.54) is 5.56 Å². The molecule has 5 heteroatoms. The number of amidine groups is 1. The number of methoxy groups -OCH3 is 1. The first-order valence-electron chi connectivity index (χ1n) is 7.46. The van der Waals surface area contributed by atoms with Gasteiger partial charge in [-0.15, -0.1) is 0 Å². The van der Waals surface area contributed by atoms with Gasteiger partial charge in [0.2, 0.25) is 0 Å². The van der Waals surface area contributed by atoms with Gasteiger partial charge in [0.1, 0.15) is 0 Å². The highest BCUT2D eigenvalue weighted by Gasteiger charge is 2.37. The number of aliphatic imine (C=N–C) groups is 1. The molecule has 0 radical (unpaired) electrons. The summed E-state index contributed by atoms with van der Waals surface area (Å²) in [6, 6.07) is 8.39. The molecule has 0 saturated carbocycles. The zero-order valence-electron chi connectivity index (χ0n) is 12.4. The lowest BCUT2D eigenvalue weighted by Gasteiger charge is -2.29. The predicted molar refractivity (Wildman–Crippen MR) is 88.3 cm³/mol. The van der Waals surface area contributed by atoms with E-state index < -0.39 is 0 Å². The normalized spacial score (nSPS) is 20.5. The number of ether oxygens (including phenoxy) is 2. The number of anilines is 1. The summed E-state index contributed by atoms with van der Waals surface area (Å²) in [5, 5.41) is 4.55. The number of para-hydroxylation sites is 1. The van der Waals surface area contributed by atoms with E-state index in [-0.39, 0.29) is 5.54 Å². The Kier molecular flexibility index (Phi) is 4.83. The van der Waals surface area contributed by atoms with E-state index in [2.05, 4.69) is 29.6 Å². The maximum atomic E-state index is 5.46. The summed E-state index contributed by atoms with van der Waals surface area (Å²) in [7, 11) is 1.74. The molecule has 1 aromatic rings. The van der Waals surface area contributed by atoms with Crippen LogP contribution in [0.2, 0.25) is 0 Å². The molecule has 2 aliphatic rings. The molecule has 1 N–H and O–H groups in total. The minimum atomic E-state index is 0.104. The second-order valence-electron chi connectivity index (χ2n) is 5.57. The molecule has 0 bridgehead atoms. The van der Waals surface area contributed by atoms with Gasteiger partial charge in [0.25, 0.3) is 0 Å². The van der Waals surface area contributed by atoms with Gasteiger partial charge in [-0.05, 0) is 30.9 Å². The standard InChI is InChI=1S/C16H22N2O2S/c1-19-9-6-13-4-2-3-5-14(13)17-15-18-16(12-21-15)7-10-20-11-8-16/h2-5H,6-12H2,1H3,(H,17,18). The molecule has 0 unspecified atom stereocenters. The van der Waals surface area contributed by atoms with Crippen molar-refractivity contribution in [1.29, 1.82) is 0 Å². The Balaban J connectivity index is 1.70. The van der Waals surface area contributed by atoms with Crippen molar-refractivity contribution in [2.45, 2.75) is 24.8 Å². The van der Waals surface area contributed by atoms with Gasteiger partial charge in [-0.1, -0.05) is 30.0 Å². The summed E-state index contributed by atoms with van der Waals surface area (Å²) < 4.78 is 10.6. The van der Waals surface area contributed by atoms with E-state index in [1.54, 1.807) is 7.11 Å². The van der Waals surface area contributed by atoms with E-state index in [0.717, 1.165) is 55.7 Å². The molecule has 2 aliphatic heterocycles. The van der Waals surface area contributed by atoms with Gasteiger partial charge in [0, 0.05) is 31.8 Å². The van der Waals surface area contributed by atoms with Crippen molar-refractivity contribution in [3.63, 3.8) is 0 Å². The van der Waals surface area contributed by atoms with Gasteiger partial charge in [0.15, 0.2) is 5.17 Å². The van der Waals surface area contributed by atoms with Crippen LogP contribution in [0, 0.1) is 0 Å². The quantitative estimate of drug-likeness (QED) is 0.929. The Bertz CT molecular complexity index is 513. The number of rotatable bonds is 4. The third-order valence-electron chi connectivity index (χ3n) is 4.07. The SMILES string of the molecule is COCCc1ccccc1NC1=NC2(CCOCC2)CS1. The fourth-order valence-corrected chi connectivity index (χ4v) is 3.94. The van der Waals surface area contributed by atoms with E-state index in [1.807, 2.05) is 11.8 Å². The van der Waals surface area contributed by atoms with Crippen LogP contribution in [0.25, 0.3) is 0 Å². The maximum Gasteiger partial charge on any atom is 0.161 e. The largest absolute Gasteiger partial charge is 0.384 e. The fourth-order valence-electron chi connectivity index (χ4n) is 2.74. The Morgan fingerprint density at radius 3 is 2.95 bits per heavy atom. The molecule has 21 heavy (non-hydrogen) atoms. The molecule has 1 aromatic carbocycles. The zero-order valence-corrected chi connectivity index (χ0v) is 13.2. The molecule has 0 aromatic heterocycles. The van der Waals surface area contributed by atoms with Gasteiger partial charge in [-0.25, -0.2) is 0 Å². The van der Waals surface area contributed by atoms with Crippen LogP contribution in [0.3, 0.4) is 0 Å². The maximum absolute atomic E-state index is 5.46. The predicted octanol–water partition coefficient (Wildman–Crippen LogP) is 2.94. The number of hydrogen-bond acceptors (Lipinski definition) is 5. The second kappa shape index (κ2) is 6.81. The number of thioether (sulfide) groups is 1. The lowest BCUT2D eigenvalue weighted by molar-refractivity contribution is 0.0624. The van der Waals surface area contributed by atoms with E-state index in [0.29, 0.717) is 0 Å². The molecule has 1 saturated heterocycles. The van der Waals surface area contributed by atoms with Crippen LogP contribution in [0.4, 0.5) is 5.69 Å². The Hall–Kier alpha value is -1.04. The third kappa shape index (κ3) is 3.59. The number of hydrogen-bond donors (Lipinski definition) is 1. The van der Waals surface area contributed by atoms with Crippen LogP contribution in [0.5, 0.6) is 0 Å². The van der Waals surface area contributed by atoms with Gasteiger partial charge in [-0.2, -0.15) is 0 Å². The summed E-state index contributed by atoms with van der Waals surface area (Å²) in [5.74, 6) is 1.07. The van der Waals surface area contributed by atoms with Crippen LogP contribution >= 0.6 is 11.8 Å². The highest BCUT2D eigenvalue weighted by molar-refractivity contribution is 8.14. The molecule has 0 aliphatic carbocycles. The summed E-state index contributed by atoms with van der Waals surface area (Å²) in [5.41, 5.74) is 2.52. The van der Waals surface area contributed by atoms with E-state index in [4.69, 9.17) is 14.5 Å². The van der Waals surface area contributed by atoms with Gasteiger partial charge in [0.05, 0.1) is 12.1 Å². The van der Waals surface area contributed by atoms with Gasteiger partial charge >= 0.3 is 0 Å². The van der Waals surface area contributed by atoms with Crippen molar-refractivity contribution < 1.29 is 9.47 Å². The molecule has 0 amide bonds. The molecule has 1 fully saturated rings. The first-order valence-corrected chi connectivity index (χ1v) is 8.44. The zero-order chi connectivity index (χ0) is 14.5. The van der Waals surface area contributed by atoms with Crippen LogP contribution in [0.1, 0.15) is 18.4 Å². The van der Waals surface area contributed by atoms with Crippen molar-refractivity contribution in [1.82, 2.24) is 0 Å². The lowest BCUT2D eigenvalue weighted by atomic mass is 9.93. The highest BCUT2D eigenvalue weighted by atomic mass is 32.2. The molecular formula is C16H22N2O2S. The van der Waals surface area contributed by atoms with Gasteiger partial charge < -0.3 is 14.8 Å². The van der Waals surface area contributed by atoms with Crippen molar-refractivity contribution in [2.24, 2.45) is 4.99 Å². The van der Waals surface area contributed by atoms with Crippen molar-refractivity contribution >= 4 is 22.6 Å². The minimum Gasteiger partial charge on any atom is -0.384 e. The Morgan fingerprint density at radius 2 is 2.14 bits per heavy atom. The minimum absolute atomic E-state index is 0.104. The van der Waals surface area contributed by atoms with Crippen LogP contribution in [-0.2, 0) is 15.9 Å². The van der Waals surface area contributed by atoms with Crippen LogP contribution in [0.15, 0.2) is 29.3 Å². The molecule has 2 heterocycles. The smallest absolute Gasteiger partial charge is 0.161 e. The van der Waals surface area contributed by atoms with Crippen molar-refractivity contribution in [2.75, 3.05) is 38.0 Å². The summed E-state index contributed by atoms with van der Waals surface area (Å²) in [6.07, 6.45) is 2.99. The summed E-state index contributed by atoms with van der Waals surface area (Å²) in [6.45, 7) is 2.41. The van der Waals surface area contributed by atoms with E-state index in [9.17, 15) is 0 Å². The molecule has 3 rings (SSSR count). The number of benzene rings is 1. The van der Waals surface area contributed by atoms with Crippen molar-refractivity contribution in [3.05, 3.63) is 29.8 Å². The topological polar surface area (TPSA) is 42.8 Å². The van der Waals surface area contributed by atoms with Gasteiger partial charge in [-0.3, -0.25) is 4.99 Å². The second-order valence-corrected chi connectivity index (χ2v) is 6.53. The fraction of sp³-hybridized carbons (Fsp3) is 0.562. The molecule has 4 nitrogen and oxygen atoms in total. The number of nitrogens with one attached hydrogen (secondary N) is 1. The first-order chi connectivity index (χ1) is 10.3. The Labute approximate surface area is 130 Å². The average molecular weight is 306 g/mol. The first kappa shape index (κ1) is 14.9. The molecule has 114 valence electrons. The number of nitrogens with zero attached hydrogens (tertiary/aromatic N) is 1. The molecule has 0 atom stereocenters. The summed E-state index contributed by atoms with van der Waals surface area (Å²) >= 11 is 1.83. The van der Waals surface area contributed by atoms with E-state index >= 15 is 0 Å². The highest BCUT2D eigenvalue weighted by Crippen LogP contribution is 2.36. The third-order valence-corrected chi connectivity index (χ3v) is 5.22. The monoisotopic (exact) mass is 306 g/mol. The molecular weight excluding hydrogens is 284 g/mol. The Morgan fingerprint density at radius 1 is 1.33 bits per heavy atom. The summed E-state index contributed by atoms with van der Waals surface area (Å²) in [4.78, 5) is 4.95. The van der Waals surface area contributed by atoms with Crippen molar-refractivity contribution in [3.8, 4) is 0 Å². The van der Waals surface area contributed by atoms with Crippen LogP contribution < -0.4 is 5.32 Å². The molecule has 1 spiro atoms. The lowest BCUT2D eigenvalue weighted by Crippen LogP contribution is -2.34. The average Bonchev–Trinajstić information content (AvgIpc) is 2.89. The van der Waals surface area contributed by atoms with Crippen LogP contribution in [-0.4, -0.2) is 43.4 Å².